The number of nitrogen functional groups attached to an aromatic ring is 1. The van der Waals surface area contributed by atoms with Gasteiger partial charge in [-0.1, -0.05) is 25.0 Å². The topological polar surface area (TPSA) is 143 Å². The van der Waals surface area contributed by atoms with Crippen LogP contribution in [0.1, 0.15) is 53.6 Å². The molecular formula is C27H35N9O. The number of aliphatic imine (C=N–C) groups is 1. The fourth-order valence-electron chi connectivity index (χ4n) is 4.53. The monoisotopic (exact) mass is 501 g/mol. The smallest absolute Gasteiger partial charge is 0.217 e. The van der Waals surface area contributed by atoms with E-state index >= 15 is 0 Å². The van der Waals surface area contributed by atoms with Crippen molar-refractivity contribution >= 4 is 17.5 Å². The molecule has 1 aliphatic heterocycles. The van der Waals surface area contributed by atoms with Gasteiger partial charge in [-0.15, -0.1) is 6.42 Å². The number of nitrogens with zero attached hydrogens (tertiary/aromatic N) is 5. The quantitative estimate of drug-likeness (QED) is 0.152. The van der Waals surface area contributed by atoms with Gasteiger partial charge in [-0.3, -0.25) is 5.10 Å². The molecule has 3 aromatic rings. The van der Waals surface area contributed by atoms with Crippen LogP contribution in [-0.2, 0) is 4.74 Å². The van der Waals surface area contributed by atoms with Crippen LogP contribution in [0.25, 0.3) is 0 Å². The van der Waals surface area contributed by atoms with E-state index in [1.54, 1.807) is 12.4 Å². The molecule has 1 aromatic carbocycles. The van der Waals surface area contributed by atoms with Crippen molar-refractivity contribution in [1.82, 2.24) is 25.1 Å². The van der Waals surface area contributed by atoms with Crippen molar-refractivity contribution in [3.63, 3.8) is 0 Å². The summed E-state index contributed by atoms with van der Waals surface area (Å²) in [6.45, 7) is 8.22. The molecule has 0 bridgehead atoms. The van der Waals surface area contributed by atoms with Gasteiger partial charge in [0.2, 0.25) is 5.90 Å². The summed E-state index contributed by atoms with van der Waals surface area (Å²) in [5.74, 6) is 4.25. The molecule has 1 fully saturated rings. The molecule has 0 spiro atoms. The molecule has 1 aliphatic rings. The number of piperidine rings is 1. The first-order chi connectivity index (χ1) is 18.0. The summed E-state index contributed by atoms with van der Waals surface area (Å²) in [5.41, 5.74) is 16.7. The summed E-state index contributed by atoms with van der Waals surface area (Å²) < 4.78 is 6.50. The lowest BCUT2D eigenvalue weighted by atomic mass is 10.0. The van der Waals surface area contributed by atoms with Crippen molar-refractivity contribution in [2.24, 2.45) is 10.7 Å². The van der Waals surface area contributed by atoms with Gasteiger partial charge < -0.3 is 26.4 Å². The Hall–Kier alpha value is -3.94. The number of anilines is 2. The lowest BCUT2D eigenvalue weighted by Gasteiger charge is -2.31. The van der Waals surface area contributed by atoms with Gasteiger partial charge in [-0.05, 0) is 37.9 Å². The molecule has 0 saturated carbocycles. The number of likely N-dealkylation sites (tertiary alicyclic amines) is 1. The van der Waals surface area contributed by atoms with E-state index in [1.807, 2.05) is 25.1 Å². The molecule has 0 amide bonds. The van der Waals surface area contributed by atoms with Crippen molar-refractivity contribution in [2.75, 3.05) is 43.8 Å². The van der Waals surface area contributed by atoms with Crippen LogP contribution in [0, 0.1) is 19.3 Å². The molecule has 37 heavy (non-hydrogen) atoms. The minimum absolute atomic E-state index is 0.0981. The van der Waals surface area contributed by atoms with Gasteiger partial charge in [-0.25, -0.2) is 15.0 Å². The molecule has 6 N–H and O–H groups in total. The van der Waals surface area contributed by atoms with Gasteiger partial charge >= 0.3 is 0 Å². The highest BCUT2D eigenvalue weighted by atomic mass is 16.5. The van der Waals surface area contributed by atoms with Gasteiger partial charge in [0.15, 0.2) is 0 Å². The lowest BCUT2D eigenvalue weighted by molar-refractivity contribution is 0.0952. The van der Waals surface area contributed by atoms with Crippen molar-refractivity contribution in [2.45, 2.75) is 38.8 Å². The predicted molar refractivity (Wildman–Crippen MR) is 146 cm³/mol. The number of rotatable bonds is 9. The summed E-state index contributed by atoms with van der Waals surface area (Å²) in [6.07, 6.45) is 12.6. The first-order valence-electron chi connectivity index (χ1n) is 12.6. The van der Waals surface area contributed by atoms with Crippen LogP contribution in [0.4, 0.5) is 11.6 Å². The second-order valence-electron chi connectivity index (χ2n) is 9.04. The van der Waals surface area contributed by atoms with Crippen molar-refractivity contribution < 1.29 is 4.74 Å². The zero-order chi connectivity index (χ0) is 26.2. The third-order valence-electron chi connectivity index (χ3n) is 6.67. The van der Waals surface area contributed by atoms with E-state index in [2.05, 4.69) is 43.2 Å². The Kier molecular flexibility index (Phi) is 8.72. The maximum absolute atomic E-state index is 6.50. The number of aromatic nitrogens is 4. The van der Waals surface area contributed by atoms with Crippen LogP contribution in [0.15, 0.2) is 41.9 Å². The van der Waals surface area contributed by atoms with Gasteiger partial charge in [0.25, 0.3) is 0 Å². The summed E-state index contributed by atoms with van der Waals surface area (Å²) in [7, 11) is 0. The van der Waals surface area contributed by atoms with E-state index in [4.69, 9.17) is 27.6 Å². The minimum Gasteiger partial charge on any atom is -0.474 e. The summed E-state index contributed by atoms with van der Waals surface area (Å²) >= 11 is 0. The number of benzene rings is 1. The number of hydrogen-bond acceptors (Lipinski definition) is 9. The van der Waals surface area contributed by atoms with E-state index in [0.29, 0.717) is 36.2 Å². The predicted octanol–water partition coefficient (Wildman–Crippen LogP) is 2.48. The highest BCUT2D eigenvalue weighted by Crippen LogP contribution is 2.28. The number of nitrogens with two attached hydrogens (primary N) is 2. The van der Waals surface area contributed by atoms with Crippen molar-refractivity contribution in [3.8, 4) is 12.3 Å². The minimum atomic E-state index is -0.524. The summed E-state index contributed by atoms with van der Waals surface area (Å²) in [6, 6.07) is 5.38. The van der Waals surface area contributed by atoms with E-state index in [1.165, 1.54) is 6.33 Å². The van der Waals surface area contributed by atoms with E-state index in [0.717, 1.165) is 54.7 Å². The Morgan fingerprint density at radius 2 is 2.16 bits per heavy atom. The lowest BCUT2D eigenvalue weighted by Crippen LogP contribution is -2.38. The van der Waals surface area contributed by atoms with Crippen LogP contribution in [0.5, 0.6) is 0 Å². The van der Waals surface area contributed by atoms with Crippen molar-refractivity contribution in [1.29, 1.82) is 0 Å². The molecule has 0 radical (unpaired) electrons. The third kappa shape index (κ3) is 6.25. The second kappa shape index (κ2) is 12.3. The van der Waals surface area contributed by atoms with Crippen LogP contribution in [-0.4, -0.2) is 69.8 Å². The molecule has 10 nitrogen and oxygen atoms in total. The highest BCUT2D eigenvalue weighted by molar-refractivity contribution is 5.98. The fraction of sp³-hybridized carbons (Fsp3) is 0.407. The Morgan fingerprint density at radius 1 is 1.35 bits per heavy atom. The van der Waals surface area contributed by atoms with E-state index in [9.17, 15) is 0 Å². The average molecular weight is 502 g/mol. The maximum Gasteiger partial charge on any atom is 0.217 e. The number of aryl methyl sites for hydroxylation is 1. The average Bonchev–Trinajstić information content (AvgIpc) is 3.46. The number of nitrogens with one attached hydrogen (secondary N) is 2. The fourth-order valence-corrected chi connectivity index (χ4v) is 4.53. The SMILES string of the molecule is C#Cc1cccc(C)c1C(=NCCNc1ncnc(N)c1C(N)c1cn[nH]c1)OC1CCN(CC)CC1. The highest BCUT2D eigenvalue weighted by Gasteiger charge is 2.23. The molecule has 10 heteroatoms. The summed E-state index contributed by atoms with van der Waals surface area (Å²) in [5, 5.41) is 10.1. The van der Waals surface area contributed by atoms with E-state index in [-0.39, 0.29) is 6.10 Å². The zero-order valence-electron chi connectivity index (χ0n) is 21.4. The Morgan fingerprint density at radius 3 is 2.86 bits per heavy atom. The van der Waals surface area contributed by atoms with Gasteiger partial charge in [-0.2, -0.15) is 5.10 Å². The maximum atomic E-state index is 6.50. The molecule has 194 valence electrons. The molecule has 0 aliphatic carbocycles. The summed E-state index contributed by atoms with van der Waals surface area (Å²) in [4.78, 5) is 15.8. The van der Waals surface area contributed by atoms with Gasteiger partial charge in [0.1, 0.15) is 24.1 Å². The number of H-pyrrole nitrogens is 1. The molecule has 4 rings (SSSR count). The molecule has 2 aromatic heterocycles. The Bertz CT molecular complexity index is 1240. The molecular weight excluding hydrogens is 466 g/mol. The number of hydrogen-bond donors (Lipinski definition) is 4. The normalized spacial score (nSPS) is 15.8. The second-order valence-corrected chi connectivity index (χ2v) is 9.04. The first-order valence-corrected chi connectivity index (χ1v) is 12.6. The standard InChI is InChI=1S/C27H35N9O/c1-4-19-8-6-7-18(3)22(19)27(37-21-9-13-36(5-2)14-10-21)31-12-11-30-26-23(25(29)32-17-33-26)24(28)20-15-34-35-16-20/h1,6-8,15-17,21,24H,5,9-14,28H2,2-3H3,(H,34,35)(H3,29,30,32,33). The third-order valence-corrected chi connectivity index (χ3v) is 6.67. The molecule has 3 heterocycles. The largest absolute Gasteiger partial charge is 0.474 e. The van der Waals surface area contributed by atoms with Crippen LogP contribution in [0.2, 0.25) is 0 Å². The van der Waals surface area contributed by atoms with Gasteiger partial charge in [0.05, 0.1) is 29.9 Å². The zero-order valence-corrected chi connectivity index (χ0v) is 21.4. The molecule has 1 unspecified atom stereocenters. The van der Waals surface area contributed by atoms with Crippen LogP contribution < -0.4 is 16.8 Å². The van der Waals surface area contributed by atoms with Crippen LogP contribution >= 0.6 is 0 Å². The van der Waals surface area contributed by atoms with Gasteiger partial charge in [0, 0.05) is 37.0 Å². The number of ether oxygens (including phenoxy) is 1. The Labute approximate surface area is 217 Å². The molecule has 1 saturated heterocycles. The van der Waals surface area contributed by atoms with Crippen LogP contribution in [0.3, 0.4) is 0 Å². The first kappa shape index (κ1) is 26.1. The van der Waals surface area contributed by atoms with E-state index < -0.39 is 6.04 Å². The molecule has 1 atom stereocenters. The van der Waals surface area contributed by atoms with Crippen molar-refractivity contribution in [3.05, 3.63) is 64.7 Å². The number of aromatic amines is 1. The Balaban J connectivity index is 1.52. The number of terminal acetylenes is 1.